The highest BCUT2D eigenvalue weighted by Crippen LogP contribution is 2.34. The second kappa shape index (κ2) is 9.85. The van der Waals surface area contributed by atoms with Gasteiger partial charge in [-0.2, -0.15) is 0 Å². The molecule has 0 radical (unpaired) electrons. The number of ether oxygens (including phenoxy) is 4. The van der Waals surface area contributed by atoms with Crippen LogP contribution >= 0.6 is 11.6 Å². The number of hydrogen-bond donors (Lipinski definition) is 1. The number of methoxy groups -OCH3 is 3. The lowest BCUT2D eigenvalue weighted by Gasteiger charge is -2.19. The van der Waals surface area contributed by atoms with Gasteiger partial charge in [-0.15, -0.1) is 0 Å². The zero-order chi connectivity index (χ0) is 20.7. The Morgan fingerprint density at radius 2 is 1.64 bits per heavy atom. The van der Waals surface area contributed by atoms with Crippen molar-refractivity contribution in [3.05, 3.63) is 47.0 Å². The van der Waals surface area contributed by atoms with Crippen LogP contribution in [0.4, 0.5) is 5.69 Å². The minimum absolute atomic E-state index is 0.134. The molecule has 8 heteroatoms. The Hall–Kier alpha value is -2.93. The summed E-state index contributed by atoms with van der Waals surface area (Å²) in [5, 5.41) is 3.28. The first kappa shape index (κ1) is 21.4. The Morgan fingerprint density at radius 1 is 1.04 bits per heavy atom. The molecule has 2 rings (SSSR count). The molecule has 0 aliphatic carbocycles. The van der Waals surface area contributed by atoms with Crippen molar-refractivity contribution >= 4 is 29.2 Å². The van der Waals surface area contributed by atoms with Crippen molar-refractivity contribution in [2.45, 2.75) is 19.4 Å². The molecule has 1 N–H and O–H groups in total. The largest absolute Gasteiger partial charge is 0.493 e. The lowest BCUT2D eigenvalue weighted by atomic mass is 10.1. The fourth-order valence-electron chi connectivity index (χ4n) is 2.47. The van der Waals surface area contributed by atoms with Crippen LogP contribution < -0.4 is 19.5 Å². The zero-order valence-electron chi connectivity index (χ0n) is 16.1. The molecule has 0 fully saturated rings. The van der Waals surface area contributed by atoms with Gasteiger partial charge in [-0.25, -0.2) is 4.79 Å². The van der Waals surface area contributed by atoms with Crippen LogP contribution in [-0.4, -0.2) is 39.3 Å². The second-order valence-corrected chi connectivity index (χ2v) is 6.14. The lowest BCUT2D eigenvalue weighted by molar-refractivity contribution is -0.122. The SMILES string of the molecule is CC[C@@H](Oc1ccc(Cl)cc1)C(=O)Nc1cc(OC)c(OC)cc1C(=O)OC. The summed E-state index contributed by atoms with van der Waals surface area (Å²) in [7, 11) is 4.16. The van der Waals surface area contributed by atoms with Crippen molar-refractivity contribution < 1.29 is 28.5 Å². The molecule has 2 aromatic carbocycles. The average molecular weight is 408 g/mol. The minimum atomic E-state index is -0.778. The first-order chi connectivity index (χ1) is 13.4. The van der Waals surface area contributed by atoms with E-state index in [1.54, 1.807) is 24.3 Å². The Bertz CT molecular complexity index is 837. The van der Waals surface area contributed by atoms with Crippen LogP contribution in [0.25, 0.3) is 0 Å². The molecule has 1 atom stereocenters. The molecule has 0 aromatic heterocycles. The van der Waals surface area contributed by atoms with Gasteiger partial charge in [0.2, 0.25) is 0 Å². The predicted molar refractivity (Wildman–Crippen MR) is 106 cm³/mol. The molecule has 0 aliphatic heterocycles. The third kappa shape index (κ3) is 5.07. The lowest BCUT2D eigenvalue weighted by Crippen LogP contribution is -2.33. The summed E-state index contributed by atoms with van der Waals surface area (Å²) in [6.45, 7) is 1.82. The van der Waals surface area contributed by atoms with Crippen molar-refractivity contribution in [2.24, 2.45) is 0 Å². The summed E-state index contributed by atoms with van der Waals surface area (Å²) in [5.74, 6) is 0.159. The number of carbonyl (C=O) groups is 2. The fourth-order valence-corrected chi connectivity index (χ4v) is 2.60. The molecule has 0 spiro atoms. The molecule has 28 heavy (non-hydrogen) atoms. The monoisotopic (exact) mass is 407 g/mol. The van der Waals surface area contributed by atoms with Crippen LogP contribution in [0.3, 0.4) is 0 Å². The van der Waals surface area contributed by atoms with Gasteiger partial charge >= 0.3 is 5.97 Å². The van der Waals surface area contributed by atoms with Crippen molar-refractivity contribution in [2.75, 3.05) is 26.6 Å². The minimum Gasteiger partial charge on any atom is -0.493 e. The smallest absolute Gasteiger partial charge is 0.340 e. The van der Waals surface area contributed by atoms with E-state index in [0.717, 1.165) is 0 Å². The van der Waals surface area contributed by atoms with E-state index in [4.69, 9.17) is 30.5 Å². The molecule has 1 amide bonds. The summed E-state index contributed by atoms with van der Waals surface area (Å²) in [6, 6.07) is 9.64. The molecule has 0 unspecified atom stereocenters. The van der Waals surface area contributed by atoms with E-state index in [0.29, 0.717) is 28.7 Å². The third-order valence-electron chi connectivity index (χ3n) is 3.94. The standard InChI is InChI=1S/C20H22ClNO6/c1-5-16(28-13-8-6-12(21)7-9-13)19(23)22-15-11-18(26-3)17(25-2)10-14(15)20(24)27-4/h6-11,16H,5H2,1-4H3,(H,22,23)/t16-/m1/s1. The predicted octanol–water partition coefficient (Wildman–Crippen LogP) is 3.94. The normalized spacial score (nSPS) is 11.3. The molecular weight excluding hydrogens is 386 g/mol. The van der Waals surface area contributed by atoms with E-state index in [9.17, 15) is 9.59 Å². The topological polar surface area (TPSA) is 83.1 Å². The Morgan fingerprint density at radius 3 is 2.18 bits per heavy atom. The quantitative estimate of drug-likeness (QED) is 0.667. The van der Waals surface area contributed by atoms with E-state index in [1.165, 1.54) is 33.5 Å². The summed E-state index contributed by atoms with van der Waals surface area (Å²) in [5.41, 5.74) is 0.363. The van der Waals surface area contributed by atoms with Gasteiger partial charge in [0.1, 0.15) is 5.75 Å². The number of esters is 1. The van der Waals surface area contributed by atoms with Gasteiger partial charge in [0, 0.05) is 17.2 Å². The average Bonchev–Trinajstić information content (AvgIpc) is 2.72. The van der Waals surface area contributed by atoms with Gasteiger partial charge in [0.25, 0.3) is 5.91 Å². The van der Waals surface area contributed by atoms with Crippen molar-refractivity contribution in [3.63, 3.8) is 0 Å². The molecule has 0 saturated heterocycles. The number of rotatable bonds is 8. The van der Waals surface area contributed by atoms with Crippen LogP contribution in [-0.2, 0) is 9.53 Å². The molecule has 0 saturated carbocycles. The summed E-state index contributed by atoms with van der Waals surface area (Å²) in [4.78, 5) is 24.9. The molecular formula is C20H22ClNO6. The molecule has 7 nitrogen and oxygen atoms in total. The van der Waals surface area contributed by atoms with Gasteiger partial charge in [0.05, 0.1) is 32.6 Å². The molecule has 150 valence electrons. The summed E-state index contributed by atoms with van der Waals surface area (Å²) >= 11 is 5.87. The van der Waals surface area contributed by atoms with Crippen LogP contribution in [0.15, 0.2) is 36.4 Å². The molecule has 0 heterocycles. The zero-order valence-corrected chi connectivity index (χ0v) is 16.8. The number of benzene rings is 2. The van der Waals surface area contributed by atoms with Crippen molar-refractivity contribution in [1.29, 1.82) is 0 Å². The highest BCUT2D eigenvalue weighted by Gasteiger charge is 2.23. The Balaban J connectivity index is 2.29. The Kier molecular flexibility index (Phi) is 7.52. The van der Waals surface area contributed by atoms with E-state index in [-0.39, 0.29) is 11.3 Å². The first-order valence-electron chi connectivity index (χ1n) is 8.50. The van der Waals surface area contributed by atoms with E-state index in [1.807, 2.05) is 6.92 Å². The highest BCUT2D eigenvalue weighted by atomic mass is 35.5. The first-order valence-corrected chi connectivity index (χ1v) is 8.88. The van der Waals surface area contributed by atoms with Crippen molar-refractivity contribution in [1.82, 2.24) is 0 Å². The second-order valence-electron chi connectivity index (χ2n) is 5.70. The van der Waals surface area contributed by atoms with Gasteiger partial charge < -0.3 is 24.3 Å². The van der Waals surface area contributed by atoms with Gasteiger partial charge in [-0.1, -0.05) is 18.5 Å². The maximum Gasteiger partial charge on any atom is 0.340 e. The fraction of sp³-hybridized carbons (Fsp3) is 0.300. The highest BCUT2D eigenvalue weighted by molar-refractivity contribution is 6.30. The molecule has 2 aromatic rings. The van der Waals surface area contributed by atoms with Crippen LogP contribution in [0.2, 0.25) is 5.02 Å². The van der Waals surface area contributed by atoms with Gasteiger partial charge in [-0.05, 0) is 30.7 Å². The summed E-state index contributed by atoms with van der Waals surface area (Å²) < 4.78 is 21.0. The number of carbonyl (C=O) groups excluding carboxylic acids is 2. The third-order valence-corrected chi connectivity index (χ3v) is 4.19. The number of hydrogen-bond acceptors (Lipinski definition) is 6. The van der Waals surface area contributed by atoms with Crippen LogP contribution in [0.1, 0.15) is 23.7 Å². The van der Waals surface area contributed by atoms with Gasteiger partial charge in [-0.3, -0.25) is 4.79 Å². The maximum absolute atomic E-state index is 12.7. The van der Waals surface area contributed by atoms with E-state index >= 15 is 0 Å². The van der Waals surface area contributed by atoms with E-state index in [2.05, 4.69) is 5.32 Å². The molecule has 0 aliphatic rings. The van der Waals surface area contributed by atoms with Crippen LogP contribution in [0.5, 0.6) is 17.2 Å². The number of halogens is 1. The number of nitrogens with one attached hydrogen (secondary N) is 1. The van der Waals surface area contributed by atoms with Crippen molar-refractivity contribution in [3.8, 4) is 17.2 Å². The maximum atomic E-state index is 12.7. The molecule has 0 bridgehead atoms. The Labute approximate surface area is 168 Å². The number of amides is 1. The van der Waals surface area contributed by atoms with Gasteiger partial charge in [0.15, 0.2) is 17.6 Å². The summed E-state index contributed by atoms with van der Waals surface area (Å²) in [6.07, 6.45) is -0.366. The van der Waals surface area contributed by atoms with E-state index < -0.39 is 18.0 Å². The van der Waals surface area contributed by atoms with Crippen LogP contribution in [0, 0.1) is 0 Å². The number of anilines is 1.